The van der Waals surface area contributed by atoms with Gasteiger partial charge in [0.1, 0.15) is 0 Å². The Morgan fingerprint density at radius 1 is 1.38 bits per heavy atom. The molecular formula is C8H16F3NO. The smallest absolute Gasteiger partial charge is 0.379 e. The van der Waals surface area contributed by atoms with Gasteiger partial charge in [0.05, 0.1) is 19.6 Å². The Hall–Kier alpha value is -0.290. The first-order valence-corrected chi connectivity index (χ1v) is 4.35. The van der Waals surface area contributed by atoms with E-state index in [1.165, 1.54) is 0 Å². The van der Waals surface area contributed by atoms with Gasteiger partial charge < -0.3 is 10.5 Å². The van der Waals surface area contributed by atoms with Gasteiger partial charge in [-0.3, -0.25) is 0 Å². The summed E-state index contributed by atoms with van der Waals surface area (Å²) in [6, 6.07) is -0.141. The quantitative estimate of drug-likeness (QED) is 0.665. The van der Waals surface area contributed by atoms with Crippen molar-refractivity contribution >= 4 is 0 Å². The second kappa shape index (κ2) is 6.21. The van der Waals surface area contributed by atoms with Crippen molar-refractivity contribution in [1.82, 2.24) is 0 Å². The molecule has 0 heterocycles. The molecule has 1 atom stereocenters. The standard InChI is InChI=1S/C8H16F3NO/c1-2-3-7(12)6-13-5-4-8(9,10)11/h7H,2-6,12H2,1H3. The third kappa shape index (κ3) is 9.63. The maximum Gasteiger partial charge on any atom is 0.391 e. The minimum Gasteiger partial charge on any atom is -0.379 e. The molecule has 0 aromatic carbocycles. The van der Waals surface area contributed by atoms with Crippen LogP contribution in [0.1, 0.15) is 26.2 Å². The van der Waals surface area contributed by atoms with Gasteiger partial charge in [-0.2, -0.15) is 13.2 Å². The zero-order chi connectivity index (χ0) is 10.3. The van der Waals surface area contributed by atoms with Crippen LogP contribution in [0.2, 0.25) is 0 Å². The number of hydrogen-bond acceptors (Lipinski definition) is 2. The predicted octanol–water partition coefficient (Wildman–Crippen LogP) is 2.08. The number of rotatable bonds is 6. The predicted molar refractivity (Wildman–Crippen MR) is 44.4 cm³/mol. The Kier molecular flexibility index (Phi) is 6.07. The Morgan fingerprint density at radius 3 is 2.46 bits per heavy atom. The summed E-state index contributed by atoms with van der Waals surface area (Å²) in [7, 11) is 0. The second-order valence-corrected chi connectivity index (χ2v) is 2.99. The molecule has 0 saturated carbocycles. The number of hydrogen-bond donors (Lipinski definition) is 1. The van der Waals surface area contributed by atoms with E-state index in [4.69, 9.17) is 10.5 Å². The van der Waals surface area contributed by atoms with Crippen molar-refractivity contribution in [2.24, 2.45) is 5.73 Å². The maximum absolute atomic E-state index is 11.6. The van der Waals surface area contributed by atoms with E-state index >= 15 is 0 Å². The SMILES string of the molecule is CCCC(N)COCCC(F)(F)F. The summed E-state index contributed by atoms with van der Waals surface area (Å²) >= 11 is 0. The number of ether oxygens (including phenoxy) is 1. The molecule has 0 spiro atoms. The van der Waals surface area contributed by atoms with E-state index in [1.54, 1.807) is 0 Å². The molecular weight excluding hydrogens is 183 g/mol. The summed E-state index contributed by atoms with van der Waals surface area (Å²) in [6.45, 7) is 1.89. The first-order valence-electron chi connectivity index (χ1n) is 4.35. The van der Waals surface area contributed by atoms with Crippen LogP contribution in [0.3, 0.4) is 0 Å². The van der Waals surface area contributed by atoms with Crippen molar-refractivity contribution < 1.29 is 17.9 Å². The lowest BCUT2D eigenvalue weighted by atomic mass is 10.2. The highest BCUT2D eigenvalue weighted by Crippen LogP contribution is 2.18. The minimum absolute atomic E-state index is 0.141. The topological polar surface area (TPSA) is 35.2 Å². The van der Waals surface area contributed by atoms with E-state index in [-0.39, 0.29) is 19.3 Å². The molecule has 0 bridgehead atoms. The normalized spacial score (nSPS) is 14.5. The lowest BCUT2D eigenvalue weighted by molar-refractivity contribution is -0.145. The van der Waals surface area contributed by atoms with Gasteiger partial charge in [-0.1, -0.05) is 13.3 Å². The van der Waals surface area contributed by atoms with E-state index in [0.717, 1.165) is 12.8 Å². The number of halogens is 3. The Morgan fingerprint density at radius 2 is 2.00 bits per heavy atom. The average molecular weight is 199 g/mol. The molecule has 2 nitrogen and oxygen atoms in total. The summed E-state index contributed by atoms with van der Waals surface area (Å²) in [6.07, 6.45) is -3.32. The van der Waals surface area contributed by atoms with Crippen LogP contribution in [0, 0.1) is 0 Å². The van der Waals surface area contributed by atoms with Crippen molar-refractivity contribution in [2.45, 2.75) is 38.4 Å². The monoisotopic (exact) mass is 199 g/mol. The lowest BCUT2D eigenvalue weighted by Crippen LogP contribution is -2.26. The number of nitrogens with two attached hydrogens (primary N) is 1. The summed E-state index contributed by atoms with van der Waals surface area (Å²) in [5.74, 6) is 0. The fourth-order valence-corrected chi connectivity index (χ4v) is 0.877. The minimum atomic E-state index is -4.13. The van der Waals surface area contributed by atoms with Crippen molar-refractivity contribution in [3.05, 3.63) is 0 Å². The molecule has 0 amide bonds. The van der Waals surface area contributed by atoms with Crippen LogP contribution in [-0.4, -0.2) is 25.4 Å². The molecule has 0 aliphatic rings. The molecule has 0 aromatic rings. The van der Waals surface area contributed by atoms with Crippen LogP contribution in [-0.2, 0) is 4.74 Å². The molecule has 0 fully saturated rings. The van der Waals surface area contributed by atoms with Gasteiger partial charge >= 0.3 is 6.18 Å². The summed E-state index contributed by atoms with van der Waals surface area (Å²) in [4.78, 5) is 0. The highest BCUT2D eigenvalue weighted by molar-refractivity contribution is 4.58. The molecule has 13 heavy (non-hydrogen) atoms. The van der Waals surface area contributed by atoms with Crippen LogP contribution in [0.5, 0.6) is 0 Å². The molecule has 0 aliphatic carbocycles. The van der Waals surface area contributed by atoms with Crippen molar-refractivity contribution in [3.8, 4) is 0 Å². The zero-order valence-corrected chi connectivity index (χ0v) is 7.73. The van der Waals surface area contributed by atoms with E-state index in [0.29, 0.717) is 0 Å². The molecule has 0 radical (unpaired) electrons. The molecule has 80 valence electrons. The highest BCUT2D eigenvalue weighted by Gasteiger charge is 2.26. The number of alkyl halides is 3. The molecule has 0 aliphatic heterocycles. The fraction of sp³-hybridized carbons (Fsp3) is 1.00. The van der Waals surface area contributed by atoms with E-state index < -0.39 is 12.6 Å². The zero-order valence-electron chi connectivity index (χ0n) is 7.73. The molecule has 2 N–H and O–H groups in total. The van der Waals surface area contributed by atoms with E-state index in [2.05, 4.69) is 0 Å². The first kappa shape index (κ1) is 12.7. The summed E-state index contributed by atoms with van der Waals surface area (Å²) in [5.41, 5.74) is 5.53. The van der Waals surface area contributed by atoms with Crippen LogP contribution in [0.25, 0.3) is 0 Å². The summed E-state index contributed by atoms with van der Waals surface area (Å²) < 4.78 is 39.6. The van der Waals surface area contributed by atoms with Gasteiger partial charge in [0.2, 0.25) is 0 Å². The van der Waals surface area contributed by atoms with Gasteiger partial charge in [-0.25, -0.2) is 0 Å². The van der Waals surface area contributed by atoms with Gasteiger partial charge in [0.25, 0.3) is 0 Å². The van der Waals surface area contributed by atoms with Crippen molar-refractivity contribution in [3.63, 3.8) is 0 Å². The Balaban J connectivity index is 3.25. The molecule has 0 rings (SSSR count). The third-order valence-corrected chi connectivity index (χ3v) is 1.52. The van der Waals surface area contributed by atoms with Crippen molar-refractivity contribution in [1.29, 1.82) is 0 Å². The molecule has 5 heteroatoms. The van der Waals surface area contributed by atoms with Gasteiger partial charge in [-0.05, 0) is 6.42 Å². The second-order valence-electron chi connectivity index (χ2n) is 2.99. The van der Waals surface area contributed by atoms with E-state index in [9.17, 15) is 13.2 Å². The largest absolute Gasteiger partial charge is 0.391 e. The van der Waals surface area contributed by atoms with Crippen LogP contribution < -0.4 is 5.73 Å². The van der Waals surface area contributed by atoms with Crippen LogP contribution >= 0.6 is 0 Å². The van der Waals surface area contributed by atoms with Crippen molar-refractivity contribution in [2.75, 3.05) is 13.2 Å². The van der Waals surface area contributed by atoms with Crippen LogP contribution in [0.15, 0.2) is 0 Å². The molecule has 0 saturated heterocycles. The van der Waals surface area contributed by atoms with Gasteiger partial charge in [0, 0.05) is 6.04 Å². The fourth-order valence-electron chi connectivity index (χ4n) is 0.877. The highest BCUT2D eigenvalue weighted by atomic mass is 19.4. The average Bonchev–Trinajstić information content (AvgIpc) is 1.97. The molecule has 1 unspecified atom stereocenters. The first-order chi connectivity index (χ1) is 5.95. The lowest BCUT2D eigenvalue weighted by Gasteiger charge is -2.11. The molecule has 0 aromatic heterocycles. The summed E-state index contributed by atoms with van der Waals surface area (Å²) in [5, 5.41) is 0. The Labute approximate surface area is 76.2 Å². The third-order valence-electron chi connectivity index (χ3n) is 1.52. The van der Waals surface area contributed by atoms with Crippen LogP contribution in [0.4, 0.5) is 13.2 Å². The van der Waals surface area contributed by atoms with E-state index in [1.807, 2.05) is 6.92 Å². The van der Waals surface area contributed by atoms with Gasteiger partial charge in [-0.15, -0.1) is 0 Å². The maximum atomic E-state index is 11.6. The van der Waals surface area contributed by atoms with Gasteiger partial charge in [0.15, 0.2) is 0 Å². The Bertz CT molecular complexity index is 127.